The van der Waals surface area contributed by atoms with Crippen LogP contribution in [-0.2, 0) is 14.3 Å². The lowest BCUT2D eigenvalue weighted by Gasteiger charge is -2.40. The average Bonchev–Trinajstić information content (AvgIpc) is 3.16. The van der Waals surface area contributed by atoms with E-state index in [4.69, 9.17) is 9.47 Å². The average molecular weight is 758 g/mol. The Balaban J connectivity index is 2.30. The van der Waals surface area contributed by atoms with Crippen molar-refractivity contribution in [3.63, 3.8) is 0 Å². The first-order valence-electron chi connectivity index (χ1n) is 22.7. The first-order chi connectivity index (χ1) is 25.8. The molecule has 1 rings (SSSR count). The van der Waals surface area contributed by atoms with Gasteiger partial charge in [-0.1, -0.05) is 200 Å². The molecule has 1 amide bonds. The van der Waals surface area contributed by atoms with Gasteiger partial charge >= 0.3 is 0 Å². The Kier molecular flexibility index (Phi) is 33.7. The second kappa shape index (κ2) is 35.6. The third-order valence-corrected chi connectivity index (χ3v) is 11.2. The number of carbonyl (C=O) groups is 1. The molecule has 0 spiro atoms. The van der Waals surface area contributed by atoms with E-state index in [0.29, 0.717) is 12.8 Å². The standard InChI is InChI=1S/C44H87NO8/c1-3-5-7-9-11-13-15-17-18-19-20-21-22-24-26-28-30-32-34-40(48)45-37(36-52-44-43(51)42(50)41(49)39(35-46)53-44)38(47)33-31-29-27-25-23-16-14-12-10-8-6-4-2/h37-39,41-44,46-47,49-51H,3-36H2,1-2H3,(H,45,48)/t37-,38+,39+,41-,42?,43?,44+/m0/s1. The summed E-state index contributed by atoms with van der Waals surface area (Å²) in [6.07, 6.45) is 31.1. The van der Waals surface area contributed by atoms with Crippen LogP contribution in [0.5, 0.6) is 0 Å². The topological polar surface area (TPSA) is 149 Å². The summed E-state index contributed by atoms with van der Waals surface area (Å²) in [5.41, 5.74) is 0. The number of amides is 1. The Morgan fingerprint density at radius 2 is 0.943 bits per heavy atom. The molecule has 0 aromatic rings. The fourth-order valence-electron chi connectivity index (χ4n) is 7.51. The number of hydrogen-bond donors (Lipinski definition) is 6. The van der Waals surface area contributed by atoms with Crippen LogP contribution >= 0.6 is 0 Å². The van der Waals surface area contributed by atoms with E-state index in [-0.39, 0.29) is 12.5 Å². The number of aliphatic hydroxyl groups excluding tert-OH is 5. The Morgan fingerprint density at radius 3 is 1.34 bits per heavy atom. The normalized spacial score (nSPS) is 21.5. The van der Waals surface area contributed by atoms with E-state index in [2.05, 4.69) is 19.2 Å². The van der Waals surface area contributed by atoms with Gasteiger partial charge in [0.15, 0.2) is 6.29 Å². The Morgan fingerprint density at radius 1 is 0.566 bits per heavy atom. The molecule has 0 bridgehead atoms. The largest absolute Gasteiger partial charge is 0.394 e. The molecule has 0 radical (unpaired) electrons. The zero-order valence-corrected chi connectivity index (χ0v) is 34.5. The van der Waals surface area contributed by atoms with Crippen molar-refractivity contribution in [1.29, 1.82) is 0 Å². The zero-order valence-electron chi connectivity index (χ0n) is 34.5. The molecule has 1 aliphatic heterocycles. The predicted octanol–water partition coefficient (Wildman–Crippen LogP) is 9.17. The number of rotatable bonds is 38. The van der Waals surface area contributed by atoms with Crippen LogP contribution in [0.1, 0.15) is 219 Å². The van der Waals surface area contributed by atoms with E-state index in [1.807, 2.05) is 0 Å². The van der Waals surface area contributed by atoms with Crippen LogP contribution in [0.25, 0.3) is 0 Å². The summed E-state index contributed by atoms with van der Waals surface area (Å²) in [7, 11) is 0. The summed E-state index contributed by atoms with van der Waals surface area (Å²) in [5.74, 6) is -0.141. The summed E-state index contributed by atoms with van der Waals surface area (Å²) >= 11 is 0. The summed E-state index contributed by atoms with van der Waals surface area (Å²) in [5, 5.41) is 54.3. The molecule has 1 aliphatic rings. The van der Waals surface area contributed by atoms with Gasteiger partial charge in [-0.05, 0) is 12.8 Å². The van der Waals surface area contributed by atoms with Crippen LogP contribution in [-0.4, -0.2) is 87.5 Å². The molecule has 1 fully saturated rings. The molecule has 0 aliphatic carbocycles. The van der Waals surface area contributed by atoms with Gasteiger partial charge in [0.05, 0.1) is 25.4 Å². The van der Waals surface area contributed by atoms with Gasteiger partial charge in [0, 0.05) is 6.42 Å². The number of hydrogen-bond acceptors (Lipinski definition) is 8. The Hall–Kier alpha value is -0.810. The number of nitrogens with one attached hydrogen (secondary N) is 1. The minimum atomic E-state index is -1.55. The maximum absolute atomic E-state index is 12.9. The molecule has 1 heterocycles. The lowest BCUT2D eigenvalue weighted by atomic mass is 9.99. The molecule has 53 heavy (non-hydrogen) atoms. The first kappa shape index (κ1) is 50.2. The lowest BCUT2D eigenvalue weighted by Crippen LogP contribution is -2.60. The summed E-state index contributed by atoms with van der Waals surface area (Å²) in [6, 6.07) is -0.710. The molecular weight excluding hydrogens is 670 g/mol. The van der Waals surface area contributed by atoms with E-state index in [9.17, 15) is 30.3 Å². The SMILES string of the molecule is CCCCCCCCCCCCCCCCCCCCC(=O)N[C@@H](CO[C@@H]1O[C@H](CO)[C@H](O)C(O)C1O)[C@H](O)CCCCCCCCCCCCCC. The van der Waals surface area contributed by atoms with E-state index in [0.717, 1.165) is 38.5 Å². The number of carbonyl (C=O) groups excluding carboxylic acids is 1. The number of unbranched alkanes of at least 4 members (excludes halogenated alkanes) is 28. The van der Waals surface area contributed by atoms with Gasteiger partial charge in [-0.15, -0.1) is 0 Å². The van der Waals surface area contributed by atoms with Crippen molar-refractivity contribution in [2.45, 2.75) is 262 Å². The smallest absolute Gasteiger partial charge is 0.220 e. The Labute approximate surface area is 325 Å². The second-order valence-electron chi connectivity index (χ2n) is 16.2. The van der Waals surface area contributed by atoms with Crippen LogP contribution < -0.4 is 5.32 Å². The van der Waals surface area contributed by atoms with Gasteiger partial charge < -0.3 is 40.3 Å². The van der Waals surface area contributed by atoms with Crippen LogP contribution in [0.3, 0.4) is 0 Å². The molecule has 6 N–H and O–H groups in total. The summed E-state index contributed by atoms with van der Waals surface area (Å²) < 4.78 is 11.2. The molecule has 0 aromatic heterocycles. The molecule has 316 valence electrons. The fourth-order valence-corrected chi connectivity index (χ4v) is 7.51. The predicted molar refractivity (Wildman–Crippen MR) is 217 cm³/mol. The van der Waals surface area contributed by atoms with Crippen molar-refractivity contribution in [2.75, 3.05) is 13.2 Å². The van der Waals surface area contributed by atoms with Gasteiger partial charge in [-0.25, -0.2) is 0 Å². The number of aliphatic hydroxyl groups is 5. The Bertz CT molecular complexity index is 801. The van der Waals surface area contributed by atoms with Crippen molar-refractivity contribution < 1.29 is 39.8 Å². The monoisotopic (exact) mass is 758 g/mol. The third kappa shape index (κ3) is 26.6. The molecule has 2 unspecified atom stereocenters. The highest BCUT2D eigenvalue weighted by molar-refractivity contribution is 5.76. The molecule has 7 atom stereocenters. The zero-order chi connectivity index (χ0) is 38.8. The van der Waals surface area contributed by atoms with Crippen molar-refractivity contribution in [3.8, 4) is 0 Å². The molecule has 0 saturated carbocycles. The summed E-state index contributed by atoms with van der Waals surface area (Å²) in [4.78, 5) is 12.9. The van der Waals surface area contributed by atoms with E-state index in [1.54, 1.807) is 0 Å². The van der Waals surface area contributed by atoms with Crippen molar-refractivity contribution in [1.82, 2.24) is 5.32 Å². The maximum atomic E-state index is 12.9. The lowest BCUT2D eigenvalue weighted by molar-refractivity contribution is -0.302. The second-order valence-corrected chi connectivity index (χ2v) is 16.2. The van der Waals surface area contributed by atoms with Gasteiger partial charge in [-0.2, -0.15) is 0 Å². The highest BCUT2D eigenvalue weighted by Gasteiger charge is 2.44. The molecular formula is C44H87NO8. The van der Waals surface area contributed by atoms with E-state index >= 15 is 0 Å². The van der Waals surface area contributed by atoms with Crippen LogP contribution in [0.4, 0.5) is 0 Å². The van der Waals surface area contributed by atoms with Crippen molar-refractivity contribution in [2.24, 2.45) is 0 Å². The van der Waals surface area contributed by atoms with Gasteiger partial charge in [0.25, 0.3) is 0 Å². The summed E-state index contributed by atoms with van der Waals surface area (Å²) in [6.45, 7) is 3.84. The number of ether oxygens (including phenoxy) is 2. The van der Waals surface area contributed by atoms with Crippen LogP contribution in [0.2, 0.25) is 0 Å². The van der Waals surface area contributed by atoms with Crippen molar-refractivity contribution >= 4 is 5.91 Å². The quantitative estimate of drug-likeness (QED) is 0.0342. The van der Waals surface area contributed by atoms with Crippen molar-refractivity contribution in [3.05, 3.63) is 0 Å². The van der Waals surface area contributed by atoms with Crippen LogP contribution in [0.15, 0.2) is 0 Å². The minimum absolute atomic E-state index is 0.132. The van der Waals surface area contributed by atoms with Gasteiger partial charge in [0.1, 0.15) is 24.4 Å². The van der Waals surface area contributed by atoms with E-state index < -0.39 is 49.5 Å². The minimum Gasteiger partial charge on any atom is -0.394 e. The molecule has 9 heteroatoms. The highest BCUT2D eigenvalue weighted by Crippen LogP contribution is 2.23. The molecule has 1 saturated heterocycles. The van der Waals surface area contributed by atoms with Crippen LogP contribution in [0, 0.1) is 0 Å². The third-order valence-electron chi connectivity index (χ3n) is 11.2. The fraction of sp³-hybridized carbons (Fsp3) is 0.977. The molecule has 0 aromatic carbocycles. The maximum Gasteiger partial charge on any atom is 0.220 e. The molecule has 9 nitrogen and oxygen atoms in total. The highest BCUT2D eigenvalue weighted by atomic mass is 16.7. The first-order valence-corrected chi connectivity index (χ1v) is 22.7. The van der Waals surface area contributed by atoms with Gasteiger partial charge in [-0.3, -0.25) is 4.79 Å². The van der Waals surface area contributed by atoms with Gasteiger partial charge in [0.2, 0.25) is 5.91 Å². The van der Waals surface area contributed by atoms with E-state index in [1.165, 1.54) is 154 Å².